The number of carbonyl (C=O) groups excluding carboxylic acids is 2. The lowest BCUT2D eigenvalue weighted by Gasteiger charge is -2.20. The number of nitrogens with two attached hydrogens (primary N) is 3. The number of likely N-dealkylation sites (N-methyl/N-ethyl adjacent to an activating group) is 1. The van der Waals surface area contributed by atoms with Gasteiger partial charge in [0.1, 0.15) is 11.8 Å². The summed E-state index contributed by atoms with van der Waals surface area (Å²) in [4.78, 5) is 27.8. The van der Waals surface area contributed by atoms with Gasteiger partial charge < -0.3 is 32.9 Å². The Morgan fingerprint density at radius 3 is 2.32 bits per heavy atom. The zero-order valence-corrected chi connectivity index (χ0v) is 14.2. The minimum absolute atomic E-state index is 0.0243. The molecule has 0 bridgehead atoms. The number of aliphatic imine (C=N–C) groups is 1. The first-order valence-corrected chi connectivity index (χ1v) is 7.93. The molecule has 25 heavy (non-hydrogen) atoms. The van der Waals surface area contributed by atoms with Crippen LogP contribution in [-0.4, -0.2) is 48.6 Å². The molecule has 0 spiro atoms. The lowest BCUT2D eigenvalue weighted by molar-refractivity contribution is -0.128. The molecule has 9 N–H and O–H groups in total. The van der Waals surface area contributed by atoms with Crippen LogP contribution in [0.2, 0.25) is 0 Å². The molecule has 1 rings (SSSR count). The Hall–Kier alpha value is -2.81. The maximum absolute atomic E-state index is 12.4. The Morgan fingerprint density at radius 2 is 1.80 bits per heavy atom. The molecule has 0 aliphatic rings. The van der Waals surface area contributed by atoms with Gasteiger partial charge in [0.15, 0.2) is 5.96 Å². The Balaban J connectivity index is 2.61. The van der Waals surface area contributed by atoms with Crippen LogP contribution in [0, 0.1) is 0 Å². The number of nitrogens with one attached hydrogen (secondary N) is 2. The standard InChI is InChI=1S/C16H26N6O3/c1-20-13(9-10-4-6-11(23)7-5-10)15(25)22-12(14(17)24)3-2-8-21-16(18)19/h4-7,12-13,20,23H,2-3,8-9H2,1H3,(H2,17,24)(H,22,25)(H4,18,19,21)/t12-,13+/m1/s1. The summed E-state index contributed by atoms with van der Waals surface area (Å²) in [5, 5.41) is 14.9. The van der Waals surface area contributed by atoms with Crippen molar-refractivity contribution in [2.75, 3.05) is 13.6 Å². The zero-order valence-electron chi connectivity index (χ0n) is 14.2. The van der Waals surface area contributed by atoms with Crippen LogP contribution in [-0.2, 0) is 16.0 Å². The normalized spacial score (nSPS) is 12.8. The van der Waals surface area contributed by atoms with Gasteiger partial charge in [-0.25, -0.2) is 0 Å². The van der Waals surface area contributed by atoms with Crippen molar-refractivity contribution in [2.24, 2.45) is 22.2 Å². The molecule has 0 unspecified atom stereocenters. The summed E-state index contributed by atoms with van der Waals surface area (Å²) >= 11 is 0. The van der Waals surface area contributed by atoms with Gasteiger partial charge in [-0.1, -0.05) is 12.1 Å². The van der Waals surface area contributed by atoms with Crippen LogP contribution < -0.4 is 27.8 Å². The highest BCUT2D eigenvalue weighted by molar-refractivity contribution is 5.89. The minimum atomic E-state index is -0.794. The van der Waals surface area contributed by atoms with Crippen molar-refractivity contribution in [3.63, 3.8) is 0 Å². The van der Waals surface area contributed by atoms with Crippen LogP contribution in [0.5, 0.6) is 5.75 Å². The number of phenols is 1. The topological polar surface area (TPSA) is 169 Å². The molecular weight excluding hydrogens is 324 g/mol. The molecule has 9 nitrogen and oxygen atoms in total. The molecule has 0 saturated carbocycles. The third-order valence-corrected chi connectivity index (χ3v) is 3.65. The van der Waals surface area contributed by atoms with Crippen LogP contribution in [0.25, 0.3) is 0 Å². The van der Waals surface area contributed by atoms with Crippen LogP contribution >= 0.6 is 0 Å². The molecule has 0 heterocycles. The number of amides is 2. The maximum atomic E-state index is 12.4. The van der Waals surface area contributed by atoms with E-state index in [-0.39, 0.29) is 17.6 Å². The van der Waals surface area contributed by atoms with E-state index in [1.54, 1.807) is 31.3 Å². The number of benzene rings is 1. The first kappa shape index (κ1) is 20.2. The summed E-state index contributed by atoms with van der Waals surface area (Å²) in [6, 6.07) is 5.23. The largest absolute Gasteiger partial charge is 0.508 e. The number of hydrogen-bond acceptors (Lipinski definition) is 5. The molecule has 0 aliphatic heterocycles. The number of guanidine groups is 1. The predicted molar refractivity (Wildman–Crippen MR) is 95.7 cm³/mol. The van der Waals surface area contributed by atoms with Gasteiger partial charge in [-0.3, -0.25) is 14.6 Å². The molecular formula is C16H26N6O3. The molecule has 1 aromatic carbocycles. The van der Waals surface area contributed by atoms with Gasteiger partial charge in [0, 0.05) is 6.54 Å². The Labute approximate surface area is 146 Å². The fourth-order valence-corrected chi connectivity index (χ4v) is 2.26. The van der Waals surface area contributed by atoms with Gasteiger partial charge in [0.2, 0.25) is 11.8 Å². The van der Waals surface area contributed by atoms with Crippen LogP contribution in [0.3, 0.4) is 0 Å². The van der Waals surface area contributed by atoms with Gasteiger partial charge in [-0.05, 0) is 44.0 Å². The summed E-state index contributed by atoms with van der Waals surface area (Å²) in [7, 11) is 1.66. The molecule has 2 amide bonds. The monoisotopic (exact) mass is 350 g/mol. The van der Waals surface area contributed by atoms with Crippen molar-refractivity contribution in [1.29, 1.82) is 0 Å². The van der Waals surface area contributed by atoms with Crippen molar-refractivity contribution in [3.05, 3.63) is 29.8 Å². The summed E-state index contributed by atoms with van der Waals surface area (Å²) in [5.41, 5.74) is 16.7. The SMILES string of the molecule is CN[C@@H](Cc1ccc(O)cc1)C(=O)N[C@H](CCCN=C(N)N)C(N)=O. The van der Waals surface area contributed by atoms with E-state index < -0.39 is 18.0 Å². The molecule has 0 fully saturated rings. The van der Waals surface area contributed by atoms with E-state index in [1.165, 1.54) is 0 Å². The number of carbonyl (C=O) groups is 2. The molecule has 0 saturated heterocycles. The van der Waals surface area contributed by atoms with Crippen LogP contribution in [0.4, 0.5) is 0 Å². The number of nitrogens with zero attached hydrogens (tertiary/aromatic N) is 1. The first-order chi connectivity index (χ1) is 11.8. The average molecular weight is 350 g/mol. The number of rotatable bonds is 10. The second-order valence-electron chi connectivity index (χ2n) is 5.62. The number of hydrogen-bond donors (Lipinski definition) is 6. The molecule has 9 heteroatoms. The number of phenolic OH excluding ortho intramolecular Hbond substituents is 1. The summed E-state index contributed by atoms with van der Waals surface area (Å²) in [6.07, 6.45) is 1.25. The molecule has 138 valence electrons. The van der Waals surface area contributed by atoms with Crippen molar-refractivity contribution in [3.8, 4) is 5.75 Å². The van der Waals surface area contributed by atoms with Gasteiger partial charge in [0.25, 0.3) is 0 Å². The Kier molecular flexibility index (Phi) is 8.21. The minimum Gasteiger partial charge on any atom is -0.508 e. The van der Waals surface area contributed by atoms with E-state index in [1.807, 2.05) is 0 Å². The van der Waals surface area contributed by atoms with Crippen molar-refractivity contribution in [1.82, 2.24) is 10.6 Å². The Morgan fingerprint density at radius 1 is 1.16 bits per heavy atom. The van der Waals surface area contributed by atoms with Crippen LogP contribution in [0.15, 0.2) is 29.3 Å². The van der Waals surface area contributed by atoms with E-state index in [2.05, 4.69) is 15.6 Å². The summed E-state index contributed by atoms with van der Waals surface area (Å²) in [6.45, 7) is 0.352. The first-order valence-electron chi connectivity index (χ1n) is 7.93. The predicted octanol–water partition coefficient (Wildman–Crippen LogP) is -1.45. The fourth-order valence-electron chi connectivity index (χ4n) is 2.26. The van der Waals surface area contributed by atoms with Crippen LogP contribution in [0.1, 0.15) is 18.4 Å². The van der Waals surface area contributed by atoms with E-state index in [0.29, 0.717) is 25.8 Å². The molecule has 0 aliphatic carbocycles. The van der Waals surface area contributed by atoms with Gasteiger partial charge in [0.05, 0.1) is 6.04 Å². The third kappa shape index (κ3) is 7.53. The average Bonchev–Trinajstić information content (AvgIpc) is 2.56. The van der Waals surface area contributed by atoms with E-state index in [0.717, 1.165) is 5.56 Å². The lowest BCUT2D eigenvalue weighted by atomic mass is 10.0. The van der Waals surface area contributed by atoms with Gasteiger partial charge in [-0.2, -0.15) is 0 Å². The third-order valence-electron chi connectivity index (χ3n) is 3.65. The highest BCUT2D eigenvalue weighted by atomic mass is 16.3. The van der Waals surface area contributed by atoms with Gasteiger partial charge in [-0.15, -0.1) is 0 Å². The molecule has 0 aromatic heterocycles. The van der Waals surface area contributed by atoms with Crippen molar-refractivity contribution in [2.45, 2.75) is 31.3 Å². The maximum Gasteiger partial charge on any atom is 0.240 e. The van der Waals surface area contributed by atoms with Crippen molar-refractivity contribution < 1.29 is 14.7 Å². The smallest absolute Gasteiger partial charge is 0.240 e. The molecule has 2 atom stereocenters. The lowest BCUT2D eigenvalue weighted by Crippen LogP contribution is -2.51. The van der Waals surface area contributed by atoms with Crippen molar-refractivity contribution >= 4 is 17.8 Å². The Bertz CT molecular complexity index is 598. The molecule has 0 radical (unpaired) electrons. The van der Waals surface area contributed by atoms with Gasteiger partial charge >= 0.3 is 0 Å². The van der Waals surface area contributed by atoms with E-state index >= 15 is 0 Å². The quantitative estimate of drug-likeness (QED) is 0.171. The fraction of sp³-hybridized carbons (Fsp3) is 0.438. The summed E-state index contributed by atoms with van der Waals surface area (Å²) in [5.74, 6) is -0.814. The van der Waals surface area contributed by atoms with E-state index in [9.17, 15) is 14.7 Å². The zero-order chi connectivity index (χ0) is 18.8. The highest BCUT2D eigenvalue weighted by Crippen LogP contribution is 2.11. The number of aromatic hydroxyl groups is 1. The summed E-state index contributed by atoms with van der Waals surface area (Å²) < 4.78 is 0. The van der Waals surface area contributed by atoms with E-state index in [4.69, 9.17) is 17.2 Å². The molecule has 1 aromatic rings. The number of primary amides is 1. The second-order valence-corrected chi connectivity index (χ2v) is 5.62. The highest BCUT2D eigenvalue weighted by Gasteiger charge is 2.23. The second kappa shape index (κ2) is 10.1.